The Morgan fingerprint density at radius 3 is 2.86 bits per heavy atom. The number of aromatic nitrogens is 4. The van der Waals surface area contributed by atoms with Gasteiger partial charge in [0.25, 0.3) is 0 Å². The molecule has 21 heavy (non-hydrogen) atoms. The smallest absolute Gasteiger partial charge is 0.240 e. The van der Waals surface area contributed by atoms with Crippen molar-refractivity contribution in [3.05, 3.63) is 23.0 Å². The van der Waals surface area contributed by atoms with Gasteiger partial charge in [-0.3, -0.25) is 4.90 Å². The number of aryl methyl sites for hydroxylation is 3. The largest absolute Gasteiger partial charge is 0.481 e. The first-order chi connectivity index (χ1) is 10.1. The molecule has 7 heteroatoms. The highest BCUT2D eigenvalue weighted by Gasteiger charge is 2.33. The van der Waals surface area contributed by atoms with E-state index in [1.54, 1.807) is 11.8 Å². The van der Waals surface area contributed by atoms with Crippen molar-refractivity contribution in [2.24, 2.45) is 7.05 Å². The zero-order valence-corrected chi connectivity index (χ0v) is 13.0. The topological polar surface area (TPSA) is 69.2 Å². The van der Waals surface area contributed by atoms with Crippen LogP contribution in [0.1, 0.15) is 41.9 Å². The van der Waals surface area contributed by atoms with Gasteiger partial charge in [0, 0.05) is 13.1 Å². The van der Waals surface area contributed by atoms with Crippen LogP contribution in [0.3, 0.4) is 0 Å². The molecule has 1 saturated heterocycles. The number of likely N-dealkylation sites (tertiary alicyclic amines) is 1. The Hall–Kier alpha value is -1.89. The fourth-order valence-electron chi connectivity index (χ4n) is 3.20. The van der Waals surface area contributed by atoms with Crippen molar-refractivity contribution in [3.63, 3.8) is 0 Å². The van der Waals surface area contributed by atoms with Crippen LogP contribution < -0.4 is 4.74 Å². The number of nitrogens with zero attached hydrogens (tertiary/aromatic N) is 5. The summed E-state index contributed by atoms with van der Waals surface area (Å²) >= 11 is 0. The van der Waals surface area contributed by atoms with Gasteiger partial charge in [0.05, 0.1) is 24.9 Å². The molecule has 0 aromatic carbocycles. The number of hydrogen-bond acceptors (Lipinski definition) is 6. The van der Waals surface area contributed by atoms with Gasteiger partial charge in [-0.25, -0.2) is 4.68 Å². The maximum absolute atomic E-state index is 5.53. The fraction of sp³-hybridized carbons (Fsp3) is 0.643. The highest BCUT2D eigenvalue weighted by molar-refractivity contribution is 5.35. The van der Waals surface area contributed by atoms with E-state index in [4.69, 9.17) is 9.26 Å². The molecule has 0 spiro atoms. The average Bonchev–Trinajstić information content (AvgIpc) is 3.10. The lowest BCUT2D eigenvalue weighted by Gasteiger charge is -2.23. The highest BCUT2D eigenvalue weighted by atomic mass is 16.5. The second-order valence-corrected chi connectivity index (χ2v) is 5.50. The molecule has 0 aliphatic carbocycles. The molecule has 0 amide bonds. The summed E-state index contributed by atoms with van der Waals surface area (Å²) in [5, 5.41) is 8.34. The van der Waals surface area contributed by atoms with E-state index in [1.807, 2.05) is 20.9 Å². The SMILES string of the molecule is COc1c([C@H]2CCCN2Cc2nc(C)no2)c(C)nn1C. The molecule has 1 atom stereocenters. The van der Waals surface area contributed by atoms with Gasteiger partial charge in [0.15, 0.2) is 5.82 Å². The Bertz CT molecular complexity index is 633. The monoisotopic (exact) mass is 291 g/mol. The molecular formula is C14H21N5O2. The molecule has 1 fully saturated rings. The number of methoxy groups -OCH3 is 1. The van der Waals surface area contributed by atoms with Crippen molar-refractivity contribution in [1.29, 1.82) is 0 Å². The Morgan fingerprint density at radius 1 is 1.38 bits per heavy atom. The molecule has 0 saturated carbocycles. The molecule has 7 nitrogen and oxygen atoms in total. The van der Waals surface area contributed by atoms with Crippen molar-refractivity contribution in [2.45, 2.75) is 39.3 Å². The first kappa shape index (κ1) is 14.1. The Labute approximate surface area is 123 Å². The van der Waals surface area contributed by atoms with Crippen molar-refractivity contribution in [1.82, 2.24) is 24.8 Å². The number of ether oxygens (including phenoxy) is 1. The van der Waals surface area contributed by atoms with Crippen LogP contribution in [-0.2, 0) is 13.6 Å². The molecule has 3 rings (SSSR count). The Morgan fingerprint density at radius 2 is 2.19 bits per heavy atom. The van der Waals surface area contributed by atoms with Crippen LogP contribution in [0.5, 0.6) is 5.88 Å². The van der Waals surface area contributed by atoms with Gasteiger partial charge in [-0.15, -0.1) is 0 Å². The normalized spacial score (nSPS) is 19.3. The first-order valence-corrected chi connectivity index (χ1v) is 7.21. The molecule has 0 N–H and O–H groups in total. The lowest BCUT2D eigenvalue weighted by molar-refractivity contribution is 0.208. The van der Waals surface area contributed by atoms with Crippen LogP contribution in [0.25, 0.3) is 0 Å². The van der Waals surface area contributed by atoms with Gasteiger partial charge in [-0.1, -0.05) is 5.16 Å². The van der Waals surface area contributed by atoms with Gasteiger partial charge in [-0.2, -0.15) is 10.1 Å². The third-order valence-electron chi connectivity index (χ3n) is 4.01. The first-order valence-electron chi connectivity index (χ1n) is 7.21. The van der Waals surface area contributed by atoms with Crippen molar-refractivity contribution >= 4 is 0 Å². The molecule has 2 aromatic heterocycles. The van der Waals surface area contributed by atoms with Crippen LogP contribution in [0.4, 0.5) is 0 Å². The molecule has 1 aliphatic rings. The van der Waals surface area contributed by atoms with Crippen molar-refractivity contribution in [2.75, 3.05) is 13.7 Å². The van der Waals surface area contributed by atoms with Crippen LogP contribution >= 0.6 is 0 Å². The summed E-state index contributed by atoms with van der Waals surface area (Å²) in [4.78, 5) is 6.66. The zero-order valence-electron chi connectivity index (χ0n) is 13.0. The van der Waals surface area contributed by atoms with Gasteiger partial charge < -0.3 is 9.26 Å². The molecule has 0 radical (unpaired) electrons. The van der Waals surface area contributed by atoms with Gasteiger partial charge in [0.2, 0.25) is 11.8 Å². The third kappa shape index (κ3) is 2.53. The van der Waals surface area contributed by atoms with Crippen molar-refractivity contribution in [3.8, 4) is 5.88 Å². The summed E-state index contributed by atoms with van der Waals surface area (Å²) in [5.41, 5.74) is 2.20. The second-order valence-electron chi connectivity index (χ2n) is 5.50. The Balaban J connectivity index is 1.87. The van der Waals surface area contributed by atoms with E-state index in [-0.39, 0.29) is 0 Å². The third-order valence-corrected chi connectivity index (χ3v) is 4.01. The summed E-state index contributed by atoms with van der Waals surface area (Å²) in [6.45, 7) is 5.56. The van der Waals surface area contributed by atoms with E-state index in [2.05, 4.69) is 20.1 Å². The standard InChI is InChI=1S/C14H21N5O2/c1-9-13(14(20-4)18(3)16-9)11-6-5-7-19(11)8-12-15-10(2)17-21-12/h11H,5-8H2,1-4H3/t11-/m1/s1. The average molecular weight is 291 g/mol. The van der Waals surface area contributed by atoms with Gasteiger partial charge in [-0.05, 0) is 33.2 Å². The van der Waals surface area contributed by atoms with Crippen LogP contribution in [0.15, 0.2) is 4.52 Å². The fourth-order valence-corrected chi connectivity index (χ4v) is 3.20. The summed E-state index contributed by atoms with van der Waals surface area (Å²) in [5.74, 6) is 2.18. The molecule has 3 heterocycles. The lowest BCUT2D eigenvalue weighted by atomic mass is 10.1. The van der Waals surface area contributed by atoms with E-state index in [0.717, 1.165) is 31.0 Å². The molecule has 0 unspecified atom stereocenters. The summed E-state index contributed by atoms with van der Waals surface area (Å²) in [6.07, 6.45) is 2.24. The predicted octanol–water partition coefficient (Wildman–Crippen LogP) is 1.77. The van der Waals surface area contributed by atoms with Gasteiger partial charge >= 0.3 is 0 Å². The van der Waals surface area contributed by atoms with E-state index in [1.165, 1.54) is 5.56 Å². The molecular weight excluding hydrogens is 270 g/mol. The number of rotatable bonds is 4. The van der Waals surface area contributed by atoms with Crippen molar-refractivity contribution < 1.29 is 9.26 Å². The van der Waals surface area contributed by atoms with E-state index >= 15 is 0 Å². The maximum Gasteiger partial charge on any atom is 0.240 e. The minimum Gasteiger partial charge on any atom is -0.481 e. The highest BCUT2D eigenvalue weighted by Crippen LogP contribution is 2.39. The van der Waals surface area contributed by atoms with Crippen LogP contribution in [-0.4, -0.2) is 38.5 Å². The molecule has 114 valence electrons. The lowest BCUT2D eigenvalue weighted by Crippen LogP contribution is -2.23. The minimum atomic E-state index is 0.292. The Kier molecular flexibility index (Phi) is 3.67. The zero-order chi connectivity index (χ0) is 15.0. The van der Waals surface area contributed by atoms with E-state index in [0.29, 0.717) is 24.3 Å². The molecule has 0 bridgehead atoms. The maximum atomic E-state index is 5.53. The van der Waals surface area contributed by atoms with Crippen LogP contribution in [0.2, 0.25) is 0 Å². The molecule has 1 aliphatic heterocycles. The van der Waals surface area contributed by atoms with Gasteiger partial charge in [0.1, 0.15) is 0 Å². The minimum absolute atomic E-state index is 0.292. The van der Waals surface area contributed by atoms with Crippen LogP contribution in [0, 0.1) is 13.8 Å². The summed E-state index contributed by atoms with van der Waals surface area (Å²) in [6, 6.07) is 0.292. The summed E-state index contributed by atoms with van der Waals surface area (Å²) < 4.78 is 12.6. The molecule has 2 aromatic rings. The van der Waals surface area contributed by atoms with E-state index in [9.17, 15) is 0 Å². The predicted molar refractivity (Wildman–Crippen MR) is 75.9 cm³/mol. The second kappa shape index (κ2) is 5.48. The van der Waals surface area contributed by atoms with E-state index < -0.39 is 0 Å². The summed E-state index contributed by atoms with van der Waals surface area (Å²) in [7, 11) is 3.61. The quantitative estimate of drug-likeness (QED) is 0.855. The number of hydrogen-bond donors (Lipinski definition) is 0.